The van der Waals surface area contributed by atoms with Crippen LogP contribution < -0.4 is 21.3 Å². The van der Waals surface area contributed by atoms with Crippen molar-refractivity contribution in [3.8, 4) is 11.3 Å². The smallest absolute Gasteiger partial charge is 0.410 e. The number of cyclic esters (lactones) is 1. The van der Waals surface area contributed by atoms with E-state index in [9.17, 15) is 34.2 Å². The van der Waals surface area contributed by atoms with Crippen molar-refractivity contribution in [2.45, 2.75) is 219 Å². The summed E-state index contributed by atoms with van der Waals surface area (Å²) in [7, 11) is 6.22. The number of nitrogens with two attached hydrogens (primary N) is 2. The molecule has 16 atom stereocenters. The molecule has 4 saturated heterocycles. The number of hydrogen-bond acceptors (Lipinski definition) is 31. The fourth-order valence-corrected chi connectivity index (χ4v) is 20.6. The molecule has 3 amide bonds. The maximum Gasteiger partial charge on any atom is 0.410 e. The molecule has 1 saturated carbocycles. The lowest BCUT2D eigenvalue weighted by Crippen LogP contribution is -2.61. The maximum absolute atomic E-state index is 15.1. The number of piperidine rings is 1. The number of carbonyl (C=O) groups is 6. The highest BCUT2D eigenvalue weighted by atomic mass is 16.6. The number of methoxy groups -OCH3 is 4. The van der Waals surface area contributed by atoms with Crippen molar-refractivity contribution in [1.29, 1.82) is 0 Å². The Morgan fingerprint density at radius 1 is 0.679 bits per heavy atom. The molecule has 722 valence electrons. The number of allylic oxidation sites excluding steroid dienone is 5. The van der Waals surface area contributed by atoms with E-state index in [2.05, 4.69) is 62.7 Å². The first-order valence-electron chi connectivity index (χ1n) is 47.8. The van der Waals surface area contributed by atoms with Crippen LogP contribution in [0, 0.1) is 35.5 Å². The zero-order valence-electron chi connectivity index (χ0n) is 79.4. The van der Waals surface area contributed by atoms with E-state index in [0.717, 1.165) is 99.0 Å². The third kappa shape index (κ3) is 23.0. The van der Waals surface area contributed by atoms with E-state index in [1.807, 2.05) is 99.0 Å². The van der Waals surface area contributed by atoms with E-state index in [4.69, 9.17) is 68.8 Å². The van der Waals surface area contributed by atoms with E-state index in [1.54, 1.807) is 58.5 Å². The first-order valence-corrected chi connectivity index (χ1v) is 47.8. The summed E-state index contributed by atoms with van der Waals surface area (Å²) >= 11 is 0. The maximum atomic E-state index is 15.1. The van der Waals surface area contributed by atoms with Crippen molar-refractivity contribution in [3.63, 3.8) is 0 Å². The minimum Gasteiger partial charge on any atom is -0.460 e. The van der Waals surface area contributed by atoms with Gasteiger partial charge in [-0.15, -0.1) is 0 Å². The number of anilines is 4. The molecule has 5 aromatic heterocycles. The van der Waals surface area contributed by atoms with Gasteiger partial charge in [-0.3, -0.25) is 29.0 Å². The van der Waals surface area contributed by atoms with Crippen molar-refractivity contribution in [2.24, 2.45) is 35.5 Å². The number of amides is 3. The molecule has 0 spiro atoms. The van der Waals surface area contributed by atoms with Crippen molar-refractivity contribution in [1.82, 2.24) is 69.2 Å². The second-order valence-electron chi connectivity index (χ2n) is 38.0. The van der Waals surface area contributed by atoms with Gasteiger partial charge in [-0.05, 0) is 148 Å². The molecule has 5 fully saturated rings. The number of benzene rings is 2. The molecule has 35 heteroatoms. The minimum absolute atomic E-state index is 0.00860. The monoisotopic (exact) mass is 1850 g/mol. The van der Waals surface area contributed by atoms with E-state index >= 15 is 4.79 Å². The van der Waals surface area contributed by atoms with Gasteiger partial charge in [0.15, 0.2) is 17.0 Å². The summed E-state index contributed by atoms with van der Waals surface area (Å²) < 4.78 is 56.9. The Morgan fingerprint density at radius 3 is 2.13 bits per heavy atom. The van der Waals surface area contributed by atoms with Crippen LogP contribution in [0.4, 0.5) is 28.5 Å². The number of ketones is 2. The highest BCUT2D eigenvalue weighted by Crippen LogP contribution is 2.41. The van der Waals surface area contributed by atoms with Gasteiger partial charge in [0.05, 0.1) is 67.4 Å². The lowest BCUT2D eigenvalue weighted by molar-refractivity contribution is -0.265. The first-order chi connectivity index (χ1) is 64.6. The van der Waals surface area contributed by atoms with Gasteiger partial charge in [-0.2, -0.15) is 10.1 Å². The largest absolute Gasteiger partial charge is 0.460 e. The second kappa shape index (κ2) is 44.5. The number of aromatic nitrogens is 9. The Bertz CT molecular complexity index is 5400. The van der Waals surface area contributed by atoms with Crippen LogP contribution in [0.5, 0.6) is 0 Å². The van der Waals surface area contributed by atoms with Crippen molar-refractivity contribution >= 4 is 81.3 Å². The van der Waals surface area contributed by atoms with Gasteiger partial charge >= 0.3 is 12.1 Å². The lowest BCUT2D eigenvalue weighted by atomic mass is 9.78. The Morgan fingerprint density at radius 2 is 1.40 bits per heavy atom. The van der Waals surface area contributed by atoms with Gasteiger partial charge in [0.2, 0.25) is 17.7 Å². The predicted molar refractivity (Wildman–Crippen MR) is 503 cm³/mol. The molecule has 35 nitrogen and oxygen atoms in total. The van der Waals surface area contributed by atoms with Crippen LogP contribution in [0.2, 0.25) is 0 Å². The van der Waals surface area contributed by atoms with Crippen LogP contribution in [0.15, 0.2) is 113 Å². The SMILES string of the molecule is CO[C@H]1C[C@@H]2CC[C@@H](C)[C@@](O)(O2)C(=O)C(=O)N2CCCC[C@H]2C(=O)O[C@H]([C@H](C)C[C@@H]2CC[C@@H](OC(=O)N3CCc4nc(N5CCN(CCOCCN6CCN(c7ncc(C(=O)N8CCc9cc(Cn%10nc(-c%11ccc%12oc(N)nc%12c%11)c%11c(N)ncnc%11%10)ccc9C8)cn7)CC6)CC5)ncc4C3)[C@H](OC)C2)C[C@@H](OC)[C@H](C)/C=C(\C)[C@@H](O)[C@@H](OC)C(=O)[C@H](C)C[C@H](C)/C=C/C=C/C=C/1C. The summed E-state index contributed by atoms with van der Waals surface area (Å²) in [6, 6.07) is 10.8. The van der Waals surface area contributed by atoms with Crippen molar-refractivity contribution < 1.29 is 81.3 Å². The van der Waals surface area contributed by atoms with Gasteiger partial charge in [-0.1, -0.05) is 89.3 Å². The number of piperazine rings is 2. The Hall–Kier alpha value is -10.6. The molecule has 7 aliphatic heterocycles. The summed E-state index contributed by atoms with van der Waals surface area (Å²) in [5.41, 5.74) is 22.4. The molecule has 8 aliphatic rings. The van der Waals surface area contributed by atoms with E-state index in [0.29, 0.717) is 180 Å². The number of nitrogen functional groups attached to an aromatic ring is 2. The second-order valence-corrected chi connectivity index (χ2v) is 38.0. The molecule has 15 rings (SSSR count). The summed E-state index contributed by atoms with van der Waals surface area (Å²) in [4.78, 5) is 133. The summed E-state index contributed by atoms with van der Waals surface area (Å²) in [6.45, 7) is 24.8. The van der Waals surface area contributed by atoms with E-state index < -0.39 is 96.2 Å². The summed E-state index contributed by atoms with van der Waals surface area (Å²) in [5.74, 6) is -5.81. The molecule has 134 heavy (non-hydrogen) atoms. The van der Waals surface area contributed by atoms with Gasteiger partial charge in [0.1, 0.15) is 53.8 Å². The number of ether oxygens (including phenoxy) is 8. The third-order valence-corrected chi connectivity index (χ3v) is 28.8. The van der Waals surface area contributed by atoms with E-state index in [1.165, 1.54) is 23.9 Å². The van der Waals surface area contributed by atoms with E-state index in [-0.39, 0.29) is 60.8 Å². The number of oxazole rings is 1. The standard InChI is InChI=1S/C99H134N18O17/c1-60-17-13-12-14-18-61(2)80(126-8)51-74-25-20-66(7)99(125,134-74)89(120)93(122)116-30-16-15-19-77(116)94(123)131-82(52-81(127-9)62(3)46-65(6)87(119)88(129-11)86(118)64(5)45-60)63(4)47-67-22-26-79(83(49-67)128-10)133-98(124)115-32-29-75-73(58-115)55-104-97(108-75)113-39-35-111(36-40-113)42-44-130-43-41-110-33-37-112(38-34-110)96-102-53-72(54-103-96)92(121)114-31-28-69-48-68(21-23-71(69)57-114)56-117-91-84(90(100)105-59-106-91)85(109-117)70-24-27-78-76(50-70)107-95(101)132-78/h12-14,17-18,21,23-24,27,46,48,50,53-55,59-60,62-64,66-67,74,77,79-83,87-88,119,125H,15-16,19-20,22,25-26,28-45,47,49,51-52,56-58H2,1-11H3,(H2,101,107)(H2,100,105,106)/b14-12+,17-13+,61-18+,65-46+/t60-,62-,63-,64-,66-,67+,74+,77+,79-,80+,81-,82+,83-,87-,88+,99-/m1/s1. The van der Waals surface area contributed by atoms with Crippen molar-refractivity contribution in [2.75, 3.05) is 148 Å². The van der Waals surface area contributed by atoms with Gasteiger partial charge in [-0.25, -0.2) is 44.2 Å². The Balaban J connectivity index is 0.490. The minimum atomic E-state index is -2.46. The third-order valence-electron chi connectivity index (χ3n) is 28.8. The van der Waals surface area contributed by atoms with Crippen LogP contribution in [0.25, 0.3) is 33.4 Å². The van der Waals surface area contributed by atoms with Crippen LogP contribution >= 0.6 is 0 Å². The zero-order chi connectivity index (χ0) is 94.6. The van der Waals surface area contributed by atoms with Crippen LogP contribution in [0.3, 0.4) is 0 Å². The molecule has 2 bridgehead atoms. The summed E-state index contributed by atoms with van der Waals surface area (Å²) in [5, 5.41) is 29.7. The van der Waals surface area contributed by atoms with Gasteiger partial charge in [0, 0.05) is 187 Å². The van der Waals surface area contributed by atoms with Crippen molar-refractivity contribution in [3.05, 3.63) is 142 Å². The number of aliphatic hydroxyl groups is 2. The molecule has 2 aromatic carbocycles. The molecule has 0 radical (unpaired) electrons. The topological polar surface area (TPSA) is 413 Å². The fraction of sp³-hybridized carbons (Fsp3) is 0.596. The number of rotatable bonds is 20. The number of esters is 1. The quantitative estimate of drug-likeness (QED) is 0.0238. The molecule has 7 aromatic rings. The lowest BCUT2D eigenvalue weighted by Gasteiger charge is -2.43. The normalized spacial score (nSPS) is 28.9. The van der Waals surface area contributed by atoms with Crippen LogP contribution in [-0.2, 0) is 89.5 Å². The predicted octanol–water partition coefficient (Wildman–Crippen LogP) is 9.73. The molecule has 6 N–H and O–H groups in total. The number of carbonyl (C=O) groups excluding carboxylic acids is 6. The van der Waals surface area contributed by atoms with Gasteiger partial charge in [0.25, 0.3) is 23.6 Å². The number of aliphatic hydroxyl groups excluding tert-OH is 1. The van der Waals surface area contributed by atoms with Gasteiger partial charge < -0.3 is 88.5 Å². The summed E-state index contributed by atoms with van der Waals surface area (Å²) in [6.07, 6.45) is 18.7. The number of hydrogen-bond donors (Lipinski definition) is 4. The molecular weight excluding hydrogens is 1710 g/mol. The van der Waals surface area contributed by atoms with Crippen LogP contribution in [0.1, 0.15) is 164 Å². The number of fused-ring (bicyclic) bond motifs is 7. The molecule has 1 aliphatic carbocycles. The zero-order valence-corrected chi connectivity index (χ0v) is 79.4. The van der Waals surface area contributed by atoms with Crippen LogP contribution in [-0.4, -0.2) is 302 Å². The Labute approximate surface area is 783 Å². The highest BCUT2D eigenvalue weighted by Gasteiger charge is 2.54. The fourth-order valence-electron chi connectivity index (χ4n) is 20.6. The Kier molecular flexibility index (Phi) is 32.5. The number of Topliss-reactive ketones (excluding diaryl/α,β-unsaturated/α-hetero) is 2. The highest BCUT2D eigenvalue weighted by molar-refractivity contribution is 6.39. The molecular formula is C99H134N18O17. The first kappa shape index (κ1) is 97.9. The average Bonchev–Trinajstić information content (AvgIpc) is 1.19. The molecule has 12 heterocycles. The molecule has 0 unspecified atom stereocenters. The number of nitrogens with zero attached hydrogens (tertiary/aromatic N) is 16. The average molecular weight is 1850 g/mol.